The third kappa shape index (κ3) is 2.42. The van der Waals surface area contributed by atoms with E-state index in [1.807, 2.05) is 0 Å². The second-order valence-electron chi connectivity index (χ2n) is 4.44. The Bertz CT molecular complexity index is 293. The third-order valence-electron chi connectivity index (χ3n) is 3.17. The molecule has 0 aromatic carbocycles. The molecule has 0 unspecified atom stereocenters. The number of allylic oxidation sites excluding steroid dienone is 1. The summed E-state index contributed by atoms with van der Waals surface area (Å²) < 4.78 is 32.3. The first-order valence-corrected chi connectivity index (χ1v) is 5.55. The number of hydrogen-bond donors (Lipinski definition) is 0. The van der Waals surface area contributed by atoms with Crippen LogP contribution in [0.25, 0.3) is 0 Å². The Morgan fingerprint density at radius 1 is 1.50 bits per heavy atom. The maximum atomic E-state index is 13.8. The van der Waals surface area contributed by atoms with Crippen molar-refractivity contribution in [3.63, 3.8) is 0 Å². The Morgan fingerprint density at radius 3 is 2.44 bits per heavy atom. The summed E-state index contributed by atoms with van der Waals surface area (Å²) in [6.07, 6.45) is 1.18. The zero-order valence-corrected chi connectivity index (χ0v) is 9.82. The number of alkyl halides is 2. The van der Waals surface area contributed by atoms with Crippen LogP contribution in [0.1, 0.15) is 39.5 Å². The summed E-state index contributed by atoms with van der Waals surface area (Å²) in [6, 6.07) is 0. The van der Waals surface area contributed by atoms with Gasteiger partial charge >= 0.3 is 5.97 Å². The van der Waals surface area contributed by atoms with Gasteiger partial charge in [0.05, 0.1) is 6.61 Å². The van der Waals surface area contributed by atoms with Gasteiger partial charge in [0.25, 0.3) is 5.92 Å². The molecule has 16 heavy (non-hydrogen) atoms. The second kappa shape index (κ2) is 4.52. The number of rotatable bonds is 6. The van der Waals surface area contributed by atoms with Crippen molar-refractivity contribution < 1.29 is 18.3 Å². The Labute approximate surface area is 94.7 Å². The summed E-state index contributed by atoms with van der Waals surface area (Å²) in [5.41, 5.74) is -1.15. The highest BCUT2D eigenvalue weighted by atomic mass is 19.3. The van der Waals surface area contributed by atoms with Crippen LogP contribution in [0.5, 0.6) is 0 Å². The highest BCUT2D eigenvalue weighted by Gasteiger charge is 2.61. The Hall–Kier alpha value is -0.930. The van der Waals surface area contributed by atoms with Gasteiger partial charge in [-0.2, -0.15) is 0 Å². The molecule has 4 heteroatoms. The molecule has 0 saturated heterocycles. The highest BCUT2D eigenvalue weighted by Crippen LogP contribution is 2.61. The molecule has 0 N–H and O–H groups in total. The minimum absolute atomic E-state index is 0.0662. The summed E-state index contributed by atoms with van der Waals surface area (Å²) in [5.74, 6) is -3.26. The first-order valence-electron chi connectivity index (χ1n) is 5.55. The van der Waals surface area contributed by atoms with Crippen LogP contribution in [-0.4, -0.2) is 18.5 Å². The van der Waals surface area contributed by atoms with Crippen LogP contribution in [0.3, 0.4) is 0 Å². The minimum atomic E-state index is -2.86. The molecule has 1 fully saturated rings. The van der Waals surface area contributed by atoms with Gasteiger partial charge in [0.15, 0.2) is 0 Å². The Kier molecular flexibility index (Phi) is 3.71. The molecule has 0 atom stereocenters. The van der Waals surface area contributed by atoms with Crippen molar-refractivity contribution in [3.8, 4) is 0 Å². The average molecular weight is 232 g/mol. The van der Waals surface area contributed by atoms with E-state index in [9.17, 15) is 13.6 Å². The number of carbonyl (C=O) groups is 1. The first-order chi connectivity index (χ1) is 7.35. The minimum Gasteiger partial charge on any atom is -0.466 e. The molecule has 1 rings (SSSR count). The summed E-state index contributed by atoms with van der Waals surface area (Å²) in [6.45, 7) is 6.66. The van der Waals surface area contributed by atoms with Gasteiger partial charge < -0.3 is 4.74 Å². The summed E-state index contributed by atoms with van der Waals surface area (Å²) in [7, 11) is 0. The van der Waals surface area contributed by atoms with Gasteiger partial charge in [-0.25, -0.2) is 8.78 Å². The SMILES string of the molecule is C=C(C)C(F)(F)C1(CCC(=O)OCC)CC1. The fourth-order valence-corrected chi connectivity index (χ4v) is 1.90. The topological polar surface area (TPSA) is 26.3 Å². The molecule has 2 nitrogen and oxygen atoms in total. The number of hydrogen-bond acceptors (Lipinski definition) is 2. The van der Waals surface area contributed by atoms with Crippen LogP contribution in [0, 0.1) is 5.41 Å². The largest absolute Gasteiger partial charge is 0.466 e. The molecule has 92 valence electrons. The molecule has 0 radical (unpaired) electrons. The molecule has 0 bridgehead atoms. The van der Waals surface area contributed by atoms with Crippen molar-refractivity contribution in [2.75, 3.05) is 6.61 Å². The molecule has 0 heterocycles. The lowest BCUT2D eigenvalue weighted by Crippen LogP contribution is -2.31. The van der Waals surface area contributed by atoms with Crippen molar-refractivity contribution in [1.82, 2.24) is 0 Å². The van der Waals surface area contributed by atoms with Gasteiger partial charge in [-0.05, 0) is 38.7 Å². The van der Waals surface area contributed by atoms with E-state index >= 15 is 0 Å². The number of esters is 1. The molecular weight excluding hydrogens is 214 g/mol. The van der Waals surface area contributed by atoms with E-state index in [-0.39, 0.29) is 18.4 Å². The zero-order chi connectivity index (χ0) is 12.4. The number of carbonyl (C=O) groups excluding carboxylic acids is 1. The number of halogens is 2. The first kappa shape index (κ1) is 13.1. The van der Waals surface area contributed by atoms with Crippen LogP contribution in [0.4, 0.5) is 8.78 Å². The molecule has 0 aliphatic heterocycles. The van der Waals surface area contributed by atoms with Gasteiger partial charge in [-0.15, -0.1) is 0 Å². The molecule has 1 aliphatic carbocycles. The maximum Gasteiger partial charge on any atom is 0.305 e. The van der Waals surface area contributed by atoms with E-state index < -0.39 is 17.3 Å². The molecule has 0 aromatic heterocycles. The van der Waals surface area contributed by atoms with E-state index in [0.29, 0.717) is 19.4 Å². The van der Waals surface area contributed by atoms with E-state index in [2.05, 4.69) is 6.58 Å². The highest BCUT2D eigenvalue weighted by molar-refractivity contribution is 5.69. The quantitative estimate of drug-likeness (QED) is 0.518. The third-order valence-corrected chi connectivity index (χ3v) is 3.17. The van der Waals surface area contributed by atoms with Crippen LogP contribution in [0.2, 0.25) is 0 Å². The van der Waals surface area contributed by atoms with Crippen molar-refractivity contribution in [2.45, 2.75) is 45.5 Å². The van der Waals surface area contributed by atoms with Crippen LogP contribution < -0.4 is 0 Å². The van der Waals surface area contributed by atoms with Gasteiger partial charge in [-0.1, -0.05) is 6.58 Å². The fourth-order valence-electron chi connectivity index (χ4n) is 1.90. The summed E-state index contributed by atoms with van der Waals surface area (Å²) >= 11 is 0. The fraction of sp³-hybridized carbons (Fsp3) is 0.750. The van der Waals surface area contributed by atoms with Crippen LogP contribution >= 0.6 is 0 Å². The zero-order valence-electron chi connectivity index (χ0n) is 9.82. The van der Waals surface area contributed by atoms with Gasteiger partial charge in [0.2, 0.25) is 0 Å². The van der Waals surface area contributed by atoms with Crippen molar-refractivity contribution in [1.29, 1.82) is 0 Å². The van der Waals surface area contributed by atoms with Crippen molar-refractivity contribution in [3.05, 3.63) is 12.2 Å². The van der Waals surface area contributed by atoms with Crippen LogP contribution in [0.15, 0.2) is 12.2 Å². The normalized spacial score (nSPS) is 18.0. The lowest BCUT2D eigenvalue weighted by molar-refractivity contribution is -0.144. The molecular formula is C12H18F2O2. The maximum absolute atomic E-state index is 13.8. The number of ether oxygens (including phenoxy) is 1. The van der Waals surface area contributed by atoms with E-state index in [1.54, 1.807) is 6.92 Å². The Balaban J connectivity index is 2.54. The monoisotopic (exact) mass is 232 g/mol. The summed E-state index contributed by atoms with van der Waals surface area (Å²) in [4.78, 5) is 11.1. The lowest BCUT2D eigenvalue weighted by atomic mass is 9.88. The van der Waals surface area contributed by atoms with Gasteiger partial charge in [0, 0.05) is 11.8 Å². The second-order valence-corrected chi connectivity index (χ2v) is 4.44. The predicted molar refractivity (Wildman–Crippen MR) is 57.3 cm³/mol. The van der Waals surface area contributed by atoms with E-state index in [0.717, 1.165) is 0 Å². The smallest absolute Gasteiger partial charge is 0.305 e. The average Bonchev–Trinajstić information content (AvgIpc) is 2.96. The summed E-state index contributed by atoms with van der Waals surface area (Å²) in [5, 5.41) is 0. The molecule has 1 saturated carbocycles. The molecule has 0 aromatic rings. The molecule has 1 aliphatic rings. The Morgan fingerprint density at radius 2 is 2.06 bits per heavy atom. The van der Waals surface area contributed by atoms with Crippen molar-refractivity contribution in [2.24, 2.45) is 5.41 Å². The molecule has 0 amide bonds. The van der Waals surface area contributed by atoms with E-state index in [1.165, 1.54) is 6.92 Å². The standard InChI is InChI=1S/C12H18F2O2/c1-4-16-10(15)5-6-11(7-8-11)12(13,14)9(2)3/h2,4-8H2,1,3H3. The van der Waals surface area contributed by atoms with Gasteiger partial charge in [0.1, 0.15) is 0 Å². The predicted octanol–water partition coefficient (Wildman–Crippen LogP) is 3.32. The lowest BCUT2D eigenvalue weighted by Gasteiger charge is -2.26. The van der Waals surface area contributed by atoms with Crippen molar-refractivity contribution >= 4 is 5.97 Å². The van der Waals surface area contributed by atoms with E-state index in [4.69, 9.17) is 4.74 Å². The van der Waals surface area contributed by atoms with Gasteiger partial charge in [-0.3, -0.25) is 4.79 Å². The molecule has 0 spiro atoms. The van der Waals surface area contributed by atoms with Crippen LogP contribution in [-0.2, 0) is 9.53 Å².